The molecule has 0 saturated carbocycles. The van der Waals surface area contributed by atoms with Gasteiger partial charge in [-0.3, -0.25) is 0 Å². The first-order chi connectivity index (χ1) is 34.8. The van der Waals surface area contributed by atoms with Gasteiger partial charge in [-0.05, 0) is 72.0 Å². The summed E-state index contributed by atoms with van der Waals surface area (Å²) in [6.45, 7) is 16.6. The Kier molecular flexibility index (Phi) is 24.6. The van der Waals surface area contributed by atoms with Crippen LogP contribution in [0.4, 0.5) is 11.4 Å². The highest BCUT2D eigenvalue weighted by atomic mass is 15.2. The lowest BCUT2D eigenvalue weighted by Gasteiger charge is -2.27. The second kappa shape index (κ2) is 31.0. The van der Waals surface area contributed by atoms with Crippen molar-refractivity contribution >= 4 is 38.6 Å². The average Bonchev–Trinajstić information content (AvgIpc) is 3.73. The van der Waals surface area contributed by atoms with Gasteiger partial charge in [-0.2, -0.15) is 4.58 Å². The molecule has 71 heavy (non-hydrogen) atoms. The van der Waals surface area contributed by atoms with Crippen molar-refractivity contribution in [2.75, 3.05) is 18.0 Å². The van der Waals surface area contributed by atoms with Gasteiger partial charge in [0.15, 0.2) is 5.71 Å². The third-order valence-corrected chi connectivity index (χ3v) is 16.7. The van der Waals surface area contributed by atoms with Crippen LogP contribution in [0.5, 0.6) is 0 Å². The minimum absolute atomic E-state index is 0.0893. The molecule has 0 atom stereocenters. The summed E-state index contributed by atoms with van der Waals surface area (Å²) < 4.78 is 2.68. The van der Waals surface area contributed by atoms with E-state index in [-0.39, 0.29) is 10.8 Å². The zero-order valence-corrected chi connectivity index (χ0v) is 46.8. The maximum Gasteiger partial charge on any atom is 0.210 e. The molecule has 2 aliphatic rings. The maximum atomic E-state index is 2.68. The molecule has 4 aromatic carbocycles. The van der Waals surface area contributed by atoms with E-state index in [1.165, 1.54) is 261 Å². The Labute approximate surface area is 437 Å². The molecule has 0 N–H and O–H groups in total. The van der Waals surface area contributed by atoms with E-state index in [1.54, 1.807) is 0 Å². The van der Waals surface area contributed by atoms with E-state index in [4.69, 9.17) is 0 Å². The van der Waals surface area contributed by atoms with Crippen LogP contribution in [0.15, 0.2) is 109 Å². The van der Waals surface area contributed by atoms with Gasteiger partial charge in [-0.15, -0.1) is 0 Å². The van der Waals surface area contributed by atoms with Gasteiger partial charge >= 0.3 is 0 Å². The number of unbranched alkanes of at least 4 members (excludes halogenated alkanes) is 30. The number of fused-ring (bicyclic) bond motifs is 6. The molecule has 0 aromatic heterocycles. The summed E-state index contributed by atoms with van der Waals surface area (Å²) in [7, 11) is 0. The van der Waals surface area contributed by atoms with Gasteiger partial charge in [-0.25, -0.2) is 0 Å². The van der Waals surface area contributed by atoms with Gasteiger partial charge in [0.05, 0.1) is 5.41 Å². The zero-order chi connectivity index (χ0) is 50.0. The monoisotopic (exact) mass is 960 g/mol. The van der Waals surface area contributed by atoms with Crippen molar-refractivity contribution in [2.45, 2.75) is 258 Å². The third-order valence-electron chi connectivity index (χ3n) is 16.7. The Hall–Kier alpha value is -3.91. The number of anilines is 1. The van der Waals surface area contributed by atoms with Crippen LogP contribution in [-0.4, -0.2) is 23.4 Å². The molecule has 0 radical (unpaired) electrons. The van der Waals surface area contributed by atoms with Crippen LogP contribution in [0.25, 0.3) is 21.5 Å². The normalized spacial score (nSPS) is 15.7. The zero-order valence-electron chi connectivity index (χ0n) is 46.8. The van der Waals surface area contributed by atoms with Crippen molar-refractivity contribution < 1.29 is 4.58 Å². The summed E-state index contributed by atoms with van der Waals surface area (Å²) in [6, 6.07) is 27.6. The molecule has 4 aromatic rings. The molecule has 2 heteroatoms. The molecular weight excluding hydrogens is 857 g/mol. The summed E-state index contributed by atoms with van der Waals surface area (Å²) in [5, 5.41) is 5.48. The Balaban J connectivity index is 1.04. The second-order valence-corrected chi connectivity index (χ2v) is 23.2. The van der Waals surface area contributed by atoms with Crippen LogP contribution >= 0.6 is 0 Å². The molecule has 388 valence electrons. The van der Waals surface area contributed by atoms with Gasteiger partial charge in [0.1, 0.15) is 6.54 Å². The standard InChI is InChI=1S/C69H103N2/c1-7-9-11-13-15-17-19-21-23-25-27-29-31-33-35-44-56-70-62-54-52-58-46-40-42-48-60(58)66(62)68(3,4)64(70)50-38-37-39-51-65-69(5,6)67-61-49-43-41-47-59(61)53-55-63(67)71(65)57-45-36-34-32-30-28-26-24-22-20-18-16-14-12-10-8-2/h37-43,46-55H,7-36,44-45,56-57H2,1-6H3/q+1. The predicted molar refractivity (Wildman–Crippen MR) is 317 cm³/mol. The van der Waals surface area contributed by atoms with E-state index < -0.39 is 0 Å². The molecule has 0 spiro atoms. The summed E-state index contributed by atoms with van der Waals surface area (Å²) in [4.78, 5) is 2.68. The lowest BCUT2D eigenvalue weighted by Crippen LogP contribution is -2.28. The summed E-state index contributed by atoms with van der Waals surface area (Å²) >= 11 is 0. The summed E-state index contributed by atoms with van der Waals surface area (Å²) in [6.07, 6.45) is 56.7. The smallest absolute Gasteiger partial charge is 0.210 e. The van der Waals surface area contributed by atoms with Crippen molar-refractivity contribution in [3.63, 3.8) is 0 Å². The average molecular weight is 961 g/mol. The second-order valence-electron chi connectivity index (χ2n) is 23.2. The highest BCUT2D eigenvalue weighted by molar-refractivity contribution is 6.07. The Morgan fingerprint density at radius 1 is 0.408 bits per heavy atom. The fourth-order valence-corrected chi connectivity index (χ4v) is 12.5. The topological polar surface area (TPSA) is 6.25 Å². The maximum absolute atomic E-state index is 2.68. The van der Waals surface area contributed by atoms with Crippen LogP contribution in [0.3, 0.4) is 0 Å². The van der Waals surface area contributed by atoms with Crippen LogP contribution in [0.1, 0.15) is 258 Å². The lowest BCUT2D eigenvalue weighted by atomic mass is 9.79. The Bertz CT molecular complexity index is 2280. The van der Waals surface area contributed by atoms with Gasteiger partial charge < -0.3 is 4.90 Å². The van der Waals surface area contributed by atoms with Crippen LogP contribution in [0, 0.1) is 0 Å². The van der Waals surface area contributed by atoms with E-state index >= 15 is 0 Å². The van der Waals surface area contributed by atoms with Gasteiger partial charge in [-0.1, -0.05) is 287 Å². The van der Waals surface area contributed by atoms with E-state index in [9.17, 15) is 0 Å². The first-order valence-electron chi connectivity index (χ1n) is 30.3. The van der Waals surface area contributed by atoms with Crippen molar-refractivity contribution in [3.05, 3.63) is 120 Å². The number of hydrogen-bond donors (Lipinski definition) is 0. The molecule has 2 aliphatic heterocycles. The molecule has 0 fully saturated rings. The Morgan fingerprint density at radius 2 is 0.831 bits per heavy atom. The number of benzene rings is 4. The number of rotatable bonds is 37. The van der Waals surface area contributed by atoms with Crippen LogP contribution in [0.2, 0.25) is 0 Å². The quantitative estimate of drug-likeness (QED) is 0.0248. The van der Waals surface area contributed by atoms with Crippen molar-refractivity contribution in [3.8, 4) is 0 Å². The first kappa shape index (κ1) is 56.4. The van der Waals surface area contributed by atoms with Crippen molar-refractivity contribution in [1.29, 1.82) is 0 Å². The highest BCUT2D eigenvalue weighted by Crippen LogP contribution is 2.51. The minimum atomic E-state index is -0.0893. The third kappa shape index (κ3) is 16.5. The molecule has 2 heterocycles. The van der Waals surface area contributed by atoms with Gasteiger partial charge in [0.25, 0.3) is 0 Å². The number of hydrogen-bond acceptors (Lipinski definition) is 1. The molecule has 0 bridgehead atoms. The predicted octanol–water partition coefficient (Wildman–Crippen LogP) is 21.7. The minimum Gasteiger partial charge on any atom is -0.344 e. The van der Waals surface area contributed by atoms with E-state index in [2.05, 4.69) is 154 Å². The van der Waals surface area contributed by atoms with Gasteiger partial charge in [0, 0.05) is 47.5 Å². The molecule has 2 nitrogen and oxygen atoms in total. The van der Waals surface area contributed by atoms with Crippen LogP contribution in [-0.2, 0) is 10.8 Å². The van der Waals surface area contributed by atoms with Crippen molar-refractivity contribution in [2.24, 2.45) is 0 Å². The molecule has 0 saturated heterocycles. The van der Waals surface area contributed by atoms with Gasteiger partial charge in [0.2, 0.25) is 5.69 Å². The lowest BCUT2D eigenvalue weighted by molar-refractivity contribution is -0.438. The van der Waals surface area contributed by atoms with E-state index in [1.807, 2.05) is 0 Å². The Morgan fingerprint density at radius 3 is 1.32 bits per heavy atom. The SMILES string of the molecule is CCCCCCCCCCCCCCCCCCN1/C(=C/C=C/C=C/C2=[N+](CCCCCCCCCCCCCCCCCC)c3ccc4ccccc4c3C2(C)C)C(C)(C)c2c1ccc1ccccc21. The number of allylic oxidation sites excluding steroid dienone is 6. The first-order valence-corrected chi connectivity index (χ1v) is 30.3. The van der Waals surface area contributed by atoms with E-state index in [0.29, 0.717) is 0 Å². The van der Waals surface area contributed by atoms with Crippen LogP contribution < -0.4 is 4.90 Å². The highest BCUT2D eigenvalue weighted by Gasteiger charge is 2.45. The number of nitrogens with zero attached hydrogens (tertiary/aromatic N) is 2. The summed E-state index contributed by atoms with van der Waals surface area (Å²) in [5.74, 6) is 0. The fourth-order valence-electron chi connectivity index (χ4n) is 12.5. The largest absolute Gasteiger partial charge is 0.344 e. The van der Waals surface area contributed by atoms with Crippen molar-refractivity contribution in [1.82, 2.24) is 0 Å². The molecule has 6 rings (SSSR count). The molecule has 0 unspecified atom stereocenters. The summed E-state index contributed by atoms with van der Waals surface area (Å²) in [5.41, 5.74) is 8.45. The molecular formula is C69H103N2+. The molecule has 0 aliphatic carbocycles. The molecule has 0 amide bonds. The fraction of sp³-hybridized carbons (Fsp3) is 0.609. The van der Waals surface area contributed by atoms with E-state index in [0.717, 1.165) is 13.1 Å².